The number of anilines is 1. The summed E-state index contributed by atoms with van der Waals surface area (Å²) < 4.78 is 58.7. The van der Waals surface area contributed by atoms with E-state index < -0.39 is 39.3 Å². The van der Waals surface area contributed by atoms with Crippen molar-refractivity contribution in [3.63, 3.8) is 0 Å². The maximum Gasteiger partial charge on any atom is 0.242 e. The first-order chi connectivity index (χ1) is 11.7. The Morgan fingerprint density at radius 2 is 1.64 bits per heavy atom. The average molecular weight is 370 g/mol. The summed E-state index contributed by atoms with van der Waals surface area (Å²) in [7, 11) is -2.56. The van der Waals surface area contributed by atoms with Gasteiger partial charge in [0.05, 0.1) is 18.0 Å². The molecule has 0 saturated heterocycles. The first kappa shape index (κ1) is 18.8. The molecule has 1 amide bonds. The Morgan fingerprint density at radius 3 is 2.16 bits per heavy atom. The summed E-state index contributed by atoms with van der Waals surface area (Å²) in [6.07, 6.45) is 0. The zero-order valence-electron chi connectivity index (χ0n) is 13.4. The zero-order chi connectivity index (χ0) is 18.6. The molecule has 0 aromatic heterocycles. The minimum Gasteiger partial charge on any atom is -0.497 e. The third kappa shape index (κ3) is 4.52. The van der Waals surface area contributed by atoms with E-state index in [9.17, 15) is 22.0 Å². The molecule has 0 saturated carbocycles. The molecule has 0 spiro atoms. The summed E-state index contributed by atoms with van der Waals surface area (Å²) in [5, 5.41) is 2.03. The summed E-state index contributed by atoms with van der Waals surface area (Å²) in [5.74, 6) is -2.35. The molecule has 0 radical (unpaired) electrons. The molecular weight excluding hydrogens is 354 g/mol. The number of para-hydroxylation sites is 1. The second-order valence-corrected chi connectivity index (χ2v) is 6.82. The van der Waals surface area contributed by atoms with Crippen LogP contribution in [0.15, 0.2) is 47.4 Å². The van der Waals surface area contributed by atoms with Crippen molar-refractivity contribution in [1.82, 2.24) is 4.72 Å². The Morgan fingerprint density at radius 1 is 1.08 bits per heavy atom. The highest BCUT2D eigenvalue weighted by Crippen LogP contribution is 2.19. The number of methoxy groups -OCH3 is 1. The highest BCUT2D eigenvalue weighted by atomic mass is 32.2. The summed E-state index contributed by atoms with van der Waals surface area (Å²) in [4.78, 5) is 12.0. The second-order valence-electron chi connectivity index (χ2n) is 5.10. The lowest BCUT2D eigenvalue weighted by Gasteiger charge is -2.15. The predicted octanol–water partition coefficient (Wildman–Crippen LogP) is 2.28. The molecule has 2 N–H and O–H groups in total. The standard InChI is InChI=1S/C16H16F2N2O4S/c1-10(16(21)19-15-13(17)4-3-5-14(15)18)20-25(22,23)12-8-6-11(24-2)7-9-12/h3-10,20H,1-2H3,(H,19,21)/t10-/m1/s1. The fourth-order valence-electron chi connectivity index (χ4n) is 1.96. The molecule has 1 atom stereocenters. The minimum absolute atomic E-state index is 0.0787. The van der Waals surface area contributed by atoms with Gasteiger partial charge in [0.15, 0.2) is 0 Å². The van der Waals surface area contributed by atoms with Crippen LogP contribution < -0.4 is 14.8 Å². The van der Waals surface area contributed by atoms with E-state index in [2.05, 4.69) is 4.72 Å². The van der Waals surface area contributed by atoms with Crippen LogP contribution >= 0.6 is 0 Å². The number of carbonyl (C=O) groups is 1. The number of rotatable bonds is 6. The molecule has 9 heteroatoms. The summed E-state index contributed by atoms with van der Waals surface area (Å²) in [5.41, 5.74) is -0.636. The number of halogens is 2. The van der Waals surface area contributed by atoms with Gasteiger partial charge >= 0.3 is 0 Å². The highest BCUT2D eigenvalue weighted by Gasteiger charge is 2.23. The lowest BCUT2D eigenvalue weighted by atomic mass is 10.2. The van der Waals surface area contributed by atoms with Gasteiger partial charge in [-0.1, -0.05) is 6.07 Å². The minimum atomic E-state index is -4.00. The first-order valence-corrected chi connectivity index (χ1v) is 8.64. The van der Waals surface area contributed by atoms with Crippen molar-refractivity contribution in [1.29, 1.82) is 0 Å². The molecule has 25 heavy (non-hydrogen) atoms. The van der Waals surface area contributed by atoms with Crippen LogP contribution in [0.4, 0.5) is 14.5 Å². The van der Waals surface area contributed by atoms with Gasteiger partial charge in [0, 0.05) is 0 Å². The Labute approximate surface area is 143 Å². The number of nitrogens with one attached hydrogen (secondary N) is 2. The van der Waals surface area contributed by atoms with Gasteiger partial charge < -0.3 is 10.1 Å². The SMILES string of the molecule is COc1ccc(S(=O)(=O)N[C@H](C)C(=O)Nc2c(F)cccc2F)cc1. The zero-order valence-corrected chi connectivity index (χ0v) is 14.2. The molecule has 0 bridgehead atoms. The Bertz CT molecular complexity index is 850. The van der Waals surface area contributed by atoms with E-state index in [1.54, 1.807) is 0 Å². The van der Waals surface area contributed by atoms with Gasteiger partial charge in [-0.3, -0.25) is 4.79 Å². The monoisotopic (exact) mass is 370 g/mol. The number of sulfonamides is 1. The van der Waals surface area contributed by atoms with Crippen molar-refractivity contribution in [2.24, 2.45) is 0 Å². The molecule has 0 unspecified atom stereocenters. The molecule has 6 nitrogen and oxygen atoms in total. The van der Waals surface area contributed by atoms with Crippen LogP contribution in [0.2, 0.25) is 0 Å². The van der Waals surface area contributed by atoms with Crippen LogP contribution in [0, 0.1) is 11.6 Å². The lowest BCUT2D eigenvalue weighted by molar-refractivity contribution is -0.117. The number of hydrogen-bond donors (Lipinski definition) is 2. The van der Waals surface area contributed by atoms with E-state index in [0.29, 0.717) is 5.75 Å². The highest BCUT2D eigenvalue weighted by molar-refractivity contribution is 7.89. The number of benzene rings is 2. The molecule has 134 valence electrons. The van der Waals surface area contributed by atoms with E-state index >= 15 is 0 Å². The van der Waals surface area contributed by atoms with Crippen LogP contribution in [-0.2, 0) is 14.8 Å². The van der Waals surface area contributed by atoms with Gasteiger partial charge in [0.1, 0.15) is 23.1 Å². The Hall–Kier alpha value is -2.52. The second kappa shape index (κ2) is 7.58. The Kier molecular flexibility index (Phi) is 5.70. The topological polar surface area (TPSA) is 84.5 Å². The molecular formula is C16H16F2N2O4S. The fourth-order valence-corrected chi connectivity index (χ4v) is 3.16. The van der Waals surface area contributed by atoms with E-state index in [-0.39, 0.29) is 4.90 Å². The molecule has 0 aliphatic heterocycles. The van der Waals surface area contributed by atoms with E-state index in [0.717, 1.165) is 18.2 Å². The average Bonchev–Trinajstić information content (AvgIpc) is 2.57. The molecule has 2 aromatic carbocycles. The predicted molar refractivity (Wildman–Crippen MR) is 87.8 cm³/mol. The van der Waals surface area contributed by atoms with Gasteiger partial charge in [0.25, 0.3) is 0 Å². The Balaban J connectivity index is 2.11. The van der Waals surface area contributed by atoms with Gasteiger partial charge in [-0.25, -0.2) is 17.2 Å². The number of carbonyl (C=O) groups excluding carboxylic acids is 1. The normalized spacial score (nSPS) is 12.5. The third-order valence-corrected chi connectivity index (χ3v) is 4.86. The molecule has 2 rings (SSSR count). The molecule has 0 fully saturated rings. The van der Waals surface area contributed by atoms with Crippen molar-refractivity contribution in [3.8, 4) is 5.75 Å². The number of hydrogen-bond acceptors (Lipinski definition) is 4. The van der Waals surface area contributed by atoms with Crippen molar-refractivity contribution >= 4 is 21.6 Å². The van der Waals surface area contributed by atoms with Gasteiger partial charge in [-0.15, -0.1) is 0 Å². The molecule has 0 aliphatic carbocycles. The quantitative estimate of drug-likeness (QED) is 0.817. The first-order valence-electron chi connectivity index (χ1n) is 7.16. The molecule has 2 aromatic rings. The van der Waals surface area contributed by atoms with Crippen molar-refractivity contribution < 1.29 is 26.7 Å². The third-order valence-electron chi connectivity index (χ3n) is 3.31. The van der Waals surface area contributed by atoms with Crippen molar-refractivity contribution in [2.45, 2.75) is 17.9 Å². The van der Waals surface area contributed by atoms with E-state index in [4.69, 9.17) is 4.74 Å². The number of amides is 1. The summed E-state index contributed by atoms with van der Waals surface area (Å²) in [6.45, 7) is 1.26. The maximum atomic E-state index is 13.5. The van der Waals surface area contributed by atoms with Crippen LogP contribution in [0.3, 0.4) is 0 Å². The van der Waals surface area contributed by atoms with Crippen LogP contribution in [0.5, 0.6) is 5.75 Å². The van der Waals surface area contributed by atoms with Gasteiger partial charge in [0.2, 0.25) is 15.9 Å². The van der Waals surface area contributed by atoms with Crippen molar-refractivity contribution in [3.05, 3.63) is 54.1 Å². The van der Waals surface area contributed by atoms with Gasteiger partial charge in [-0.2, -0.15) is 4.72 Å². The summed E-state index contributed by atoms with van der Waals surface area (Å²) >= 11 is 0. The van der Waals surface area contributed by atoms with Gasteiger partial charge in [-0.05, 0) is 43.3 Å². The maximum absolute atomic E-state index is 13.5. The van der Waals surface area contributed by atoms with E-state index in [1.807, 2.05) is 5.32 Å². The smallest absolute Gasteiger partial charge is 0.242 e. The van der Waals surface area contributed by atoms with Crippen LogP contribution in [0.25, 0.3) is 0 Å². The lowest BCUT2D eigenvalue weighted by Crippen LogP contribution is -2.41. The summed E-state index contributed by atoms with van der Waals surface area (Å²) in [6, 6.07) is 7.37. The van der Waals surface area contributed by atoms with Crippen molar-refractivity contribution in [2.75, 3.05) is 12.4 Å². The van der Waals surface area contributed by atoms with Crippen LogP contribution in [0.1, 0.15) is 6.92 Å². The fraction of sp³-hybridized carbons (Fsp3) is 0.188. The van der Waals surface area contributed by atoms with E-state index in [1.165, 1.54) is 38.3 Å². The van der Waals surface area contributed by atoms with Crippen LogP contribution in [-0.4, -0.2) is 27.5 Å². The molecule has 0 aliphatic rings. The largest absolute Gasteiger partial charge is 0.497 e. The number of ether oxygens (including phenoxy) is 1. The molecule has 0 heterocycles.